The topological polar surface area (TPSA) is 93.7 Å². The highest BCUT2D eigenvalue weighted by molar-refractivity contribution is 7.98. The van der Waals surface area contributed by atoms with Crippen LogP contribution in [0.2, 0.25) is 0 Å². The van der Waals surface area contributed by atoms with E-state index in [0.29, 0.717) is 12.2 Å². The van der Waals surface area contributed by atoms with E-state index in [1.165, 1.54) is 7.11 Å². The average molecular weight is 320 g/mol. The standard InChI is InChI=1S/C13H24N2O5S/c1-13(2,3)20-12(18)15-9(6-7-21-5)11(17)14-8-10(16)19-4/h9H,6-8H2,1-5H3,(H,14,17)(H,15,18)/t9-/m0/s1. The van der Waals surface area contributed by atoms with Crippen LogP contribution in [0.5, 0.6) is 0 Å². The quantitative estimate of drug-likeness (QED) is 0.678. The third kappa shape index (κ3) is 10.0. The normalized spacial score (nSPS) is 12.2. The highest BCUT2D eigenvalue weighted by atomic mass is 32.2. The summed E-state index contributed by atoms with van der Waals surface area (Å²) in [6.45, 7) is 4.98. The Morgan fingerprint density at radius 2 is 1.86 bits per heavy atom. The van der Waals surface area contributed by atoms with Gasteiger partial charge in [0.05, 0.1) is 7.11 Å². The molecule has 0 aromatic heterocycles. The molecule has 8 heteroatoms. The monoisotopic (exact) mass is 320 g/mol. The number of esters is 1. The second kappa shape index (κ2) is 9.49. The van der Waals surface area contributed by atoms with Gasteiger partial charge in [0.15, 0.2) is 0 Å². The van der Waals surface area contributed by atoms with Gasteiger partial charge in [-0.2, -0.15) is 11.8 Å². The van der Waals surface area contributed by atoms with Gasteiger partial charge in [0.25, 0.3) is 0 Å². The van der Waals surface area contributed by atoms with Crippen LogP contribution in [0.1, 0.15) is 27.2 Å². The smallest absolute Gasteiger partial charge is 0.408 e. The summed E-state index contributed by atoms with van der Waals surface area (Å²) in [5.41, 5.74) is -0.642. The van der Waals surface area contributed by atoms with E-state index in [9.17, 15) is 14.4 Å². The van der Waals surface area contributed by atoms with Gasteiger partial charge < -0.3 is 20.1 Å². The lowest BCUT2D eigenvalue weighted by molar-refractivity contribution is -0.141. The van der Waals surface area contributed by atoms with Crippen LogP contribution in [-0.2, 0) is 19.1 Å². The summed E-state index contributed by atoms with van der Waals surface area (Å²) < 4.78 is 9.56. The SMILES string of the molecule is COC(=O)CNC(=O)[C@H](CCSC)NC(=O)OC(C)(C)C. The van der Waals surface area contributed by atoms with E-state index in [4.69, 9.17) is 4.74 Å². The number of hydrogen-bond acceptors (Lipinski definition) is 6. The molecule has 0 radical (unpaired) electrons. The Hall–Kier alpha value is -1.44. The van der Waals surface area contributed by atoms with E-state index < -0.39 is 29.6 Å². The zero-order valence-corrected chi connectivity index (χ0v) is 14.0. The van der Waals surface area contributed by atoms with Crippen molar-refractivity contribution >= 4 is 29.7 Å². The fourth-order valence-corrected chi connectivity index (χ4v) is 1.78. The lowest BCUT2D eigenvalue weighted by Crippen LogP contribution is -2.49. The molecule has 0 aliphatic rings. The van der Waals surface area contributed by atoms with Crippen molar-refractivity contribution in [3.8, 4) is 0 Å². The maximum Gasteiger partial charge on any atom is 0.408 e. The summed E-state index contributed by atoms with van der Waals surface area (Å²) in [5, 5.41) is 4.93. The highest BCUT2D eigenvalue weighted by Gasteiger charge is 2.24. The zero-order chi connectivity index (χ0) is 16.5. The van der Waals surface area contributed by atoms with Gasteiger partial charge in [-0.3, -0.25) is 9.59 Å². The molecular weight excluding hydrogens is 296 g/mol. The van der Waals surface area contributed by atoms with E-state index in [1.54, 1.807) is 32.5 Å². The molecule has 0 spiro atoms. The van der Waals surface area contributed by atoms with Crippen LogP contribution in [0.3, 0.4) is 0 Å². The van der Waals surface area contributed by atoms with E-state index in [2.05, 4.69) is 15.4 Å². The van der Waals surface area contributed by atoms with Gasteiger partial charge in [-0.15, -0.1) is 0 Å². The second-order valence-corrected chi connectivity index (χ2v) is 6.26. The molecule has 0 bridgehead atoms. The van der Waals surface area contributed by atoms with Crippen LogP contribution in [0, 0.1) is 0 Å². The van der Waals surface area contributed by atoms with Gasteiger partial charge in [-0.1, -0.05) is 0 Å². The van der Waals surface area contributed by atoms with Crippen LogP contribution in [-0.4, -0.2) is 55.3 Å². The molecule has 0 saturated heterocycles. The molecule has 0 heterocycles. The van der Waals surface area contributed by atoms with Crippen LogP contribution in [0.15, 0.2) is 0 Å². The van der Waals surface area contributed by atoms with Crippen molar-refractivity contribution in [3.63, 3.8) is 0 Å². The predicted octanol–water partition coefficient (Wildman–Crippen LogP) is 0.922. The first-order valence-electron chi connectivity index (χ1n) is 6.52. The van der Waals surface area contributed by atoms with E-state index in [1.807, 2.05) is 6.26 Å². The van der Waals surface area contributed by atoms with Gasteiger partial charge in [0.1, 0.15) is 18.2 Å². The Morgan fingerprint density at radius 1 is 1.24 bits per heavy atom. The summed E-state index contributed by atoms with van der Waals surface area (Å²) in [4.78, 5) is 34.7. The lowest BCUT2D eigenvalue weighted by Gasteiger charge is -2.23. The fraction of sp³-hybridized carbons (Fsp3) is 0.769. The van der Waals surface area contributed by atoms with Gasteiger partial charge in [-0.05, 0) is 39.2 Å². The van der Waals surface area contributed by atoms with E-state index in [-0.39, 0.29) is 6.54 Å². The number of alkyl carbamates (subject to hydrolysis) is 1. The van der Waals surface area contributed by atoms with Gasteiger partial charge >= 0.3 is 12.1 Å². The molecule has 0 rings (SSSR count). The minimum atomic E-state index is -0.753. The zero-order valence-electron chi connectivity index (χ0n) is 13.1. The number of amides is 2. The van der Waals surface area contributed by atoms with Crippen molar-refractivity contribution < 1.29 is 23.9 Å². The van der Waals surface area contributed by atoms with Crippen LogP contribution in [0.4, 0.5) is 4.79 Å². The third-order valence-electron chi connectivity index (χ3n) is 2.25. The maximum atomic E-state index is 12.0. The van der Waals surface area contributed by atoms with Crippen molar-refractivity contribution in [3.05, 3.63) is 0 Å². The second-order valence-electron chi connectivity index (χ2n) is 5.27. The van der Waals surface area contributed by atoms with Crippen molar-refractivity contribution in [1.29, 1.82) is 0 Å². The van der Waals surface area contributed by atoms with Crippen LogP contribution in [0.25, 0.3) is 0 Å². The first-order valence-corrected chi connectivity index (χ1v) is 7.92. The van der Waals surface area contributed by atoms with Crippen LogP contribution < -0.4 is 10.6 Å². The Balaban J connectivity index is 4.52. The number of carbonyl (C=O) groups excluding carboxylic acids is 3. The maximum absolute atomic E-state index is 12.0. The molecule has 0 saturated carbocycles. The first-order chi connectivity index (χ1) is 9.69. The lowest BCUT2D eigenvalue weighted by atomic mass is 10.2. The molecule has 2 N–H and O–H groups in total. The Bertz CT molecular complexity index is 368. The minimum absolute atomic E-state index is 0.235. The Kier molecular flexibility index (Phi) is 8.84. The molecule has 7 nitrogen and oxygen atoms in total. The molecule has 0 fully saturated rings. The summed E-state index contributed by atoms with van der Waals surface area (Å²) in [7, 11) is 1.23. The predicted molar refractivity (Wildman–Crippen MR) is 81.2 cm³/mol. The number of methoxy groups -OCH3 is 1. The Morgan fingerprint density at radius 3 is 2.33 bits per heavy atom. The molecule has 0 aromatic rings. The summed E-state index contributed by atoms with van der Waals surface area (Å²) in [5.74, 6) is -0.309. The van der Waals surface area contributed by atoms with Crippen molar-refractivity contribution in [1.82, 2.24) is 10.6 Å². The number of carbonyl (C=O) groups is 3. The molecule has 0 aliphatic heterocycles. The molecule has 21 heavy (non-hydrogen) atoms. The number of nitrogens with one attached hydrogen (secondary N) is 2. The molecule has 0 aliphatic carbocycles. The van der Waals surface area contributed by atoms with E-state index in [0.717, 1.165) is 0 Å². The average Bonchev–Trinajstić information content (AvgIpc) is 2.38. The number of thioether (sulfide) groups is 1. The van der Waals surface area contributed by atoms with Gasteiger partial charge in [0.2, 0.25) is 5.91 Å². The summed E-state index contributed by atoms with van der Waals surface area (Å²) >= 11 is 1.55. The fourth-order valence-electron chi connectivity index (χ4n) is 1.31. The first kappa shape index (κ1) is 19.6. The van der Waals surface area contributed by atoms with Crippen molar-refractivity contribution in [2.24, 2.45) is 0 Å². The summed E-state index contributed by atoms with van der Waals surface area (Å²) in [6.07, 6.45) is 1.67. The van der Waals surface area contributed by atoms with E-state index >= 15 is 0 Å². The number of hydrogen-bond donors (Lipinski definition) is 2. The molecule has 122 valence electrons. The molecular formula is C13H24N2O5S. The largest absolute Gasteiger partial charge is 0.468 e. The minimum Gasteiger partial charge on any atom is -0.468 e. The van der Waals surface area contributed by atoms with Crippen molar-refractivity contribution in [2.45, 2.75) is 38.8 Å². The Labute approximate surface area is 129 Å². The third-order valence-corrected chi connectivity index (χ3v) is 2.90. The highest BCUT2D eigenvalue weighted by Crippen LogP contribution is 2.08. The molecule has 2 amide bonds. The number of rotatable bonds is 7. The van der Waals surface area contributed by atoms with Gasteiger partial charge in [0, 0.05) is 0 Å². The molecule has 0 unspecified atom stereocenters. The van der Waals surface area contributed by atoms with Crippen molar-refractivity contribution in [2.75, 3.05) is 25.7 Å². The number of ether oxygens (including phenoxy) is 2. The summed E-state index contributed by atoms with van der Waals surface area (Å²) in [6, 6.07) is -0.753. The molecule has 0 aromatic carbocycles. The van der Waals surface area contributed by atoms with Crippen LogP contribution >= 0.6 is 11.8 Å². The van der Waals surface area contributed by atoms with Gasteiger partial charge in [-0.25, -0.2) is 4.79 Å². The molecule has 1 atom stereocenters.